The van der Waals surface area contributed by atoms with Crippen LogP contribution in [0.1, 0.15) is 18.4 Å². The molecular weight excluding hydrogens is 482 g/mol. The zero-order chi connectivity index (χ0) is 25.6. The molecule has 5 aromatic rings. The molecule has 0 unspecified atom stereocenters. The first kappa shape index (κ1) is 23.6. The molecule has 1 aliphatic heterocycles. The standard InChI is InChI=1S/C30H27N3O3S/c1-37(35,36)26-12-10-25(11-13-26)33-29(34)15-9-24-19-31-28-14-8-23(18-27(28)30(24)33)22-6-4-21(5-7-22)20-32-16-2-3-17-32/h4-15,18-19H,2-3,16-17,20H2,1H3. The molecule has 0 bridgehead atoms. The van der Waals surface area contributed by atoms with Crippen LogP contribution in [0.2, 0.25) is 0 Å². The number of hydrogen-bond donors (Lipinski definition) is 0. The Labute approximate surface area is 215 Å². The van der Waals surface area contributed by atoms with Crippen LogP contribution >= 0.6 is 0 Å². The molecule has 0 aliphatic carbocycles. The number of benzene rings is 3. The Morgan fingerprint density at radius 1 is 0.838 bits per heavy atom. The van der Waals surface area contributed by atoms with Crippen LogP contribution in [0.4, 0.5) is 0 Å². The van der Waals surface area contributed by atoms with Crippen molar-refractivity contribution in [3.63, 3.8) is 0 Å². The Bertz CT molecular complexity index is 1790. The first-order valence-corrected chi connectivity index (χ1v) is 14.3. The Morgan fingerprint density at radius 2 is 1.54 bits per heavy atom. The minimum absolute atomic E-state index is 0.191. The maximum absolute atomic E-state index is 13.1. The van der Waals surface area contributed by atoms with Crippen molar-refractivity contribution in [1.29, 1.82) is 0 Å². The van der Waals surface area contributed by atoms with E-state index in [0.717, 1.165) is 39.5 Å². The average Bonchev–Trinajstić information content (AvgIpc) is 3.41. The number of rotatable bonds is 5. The lowest BCUT2D eigenvalue weighted by Crippen LogP contribution is -2.18. The summed E-state index contributed by atoms with van der Waals surface area (Å²) in [6, 6.07) is 24.5. The van der Waals surface area contributed by atoms with E-state index in [4.69, 9.17) is 0 Å². The minimum atomic E-state index is -3.34. The molecule has 0 saturated carbocycles. The predicted octanol–water partition coefficient (Wildman–Crippen LogP) is 5.21. The monoisotopic (exact) mass is 509 g/mol. The van der Waals surface area contributed by atoms with Crippen molar-refractivity contribution in [1.82, 2.24) is 14.5 Å². The largest absolute Gasteiger partial charge is 0.299 e. The van der Waals surface area contributed by atoms with E-state index in [-0.39, 0.29) is 10.5 Å². The van der Waals surface area contributed by atoms with Gasteiger partial charge in [0.25, 0.3) is 5.56 Å². The second kappa shape index (κ2) is 9.25. The topological polar surface area (TPSA) is 72.3 Å². The van der Waals surface area contributed by atoms with Gasteiger partial charge in [-0.25, -0.2) is 8.42 Å². The number of aromatic nitrogens is 2. The number of sulfone groups is 1. The highest BCUT2D eigenvalue weighted by molar-refractivity contribution is 7.90. The summed E-state index contributed by atoms with van der Waals surface area (Å²) >= 11 is 0. The van der Waals surface area contributed by atoms with Crippen LogP contribution < -0.4 is 5.56 Å². The van der Waals surface area contributed by atoms with Gasteiger partial charge in [0.2, 0.25) is 0 Å². The lowest BCUT2D eigenvalue weighted by Gasteiger charge is -2.15. The van der Waals surface area contributed by atoms with Crippen molar-refractivity contribution in [2.75, 3.05) is 19.3 Å². The number of fused-ring (bicyclic) bond motifs is 3. The summed E-state index contributed by atoms with van der Waals surface area (Å²) in [5, 5.41) is 1.69. The van der Waals surface area contributed by atoms with E-state index in [1.807, 2.05) is 6.07 Å². The summed E-state index contributed by atoms with van der Waals surface area (Å²) in [5.74, 6) is 0. The molecule has 1 aliphatic rings. The summed E-state index contributed by atoms with van der Waals surface area (Å²) in [4.78, 5) is 20.4. The molecule has 7 heteroatoms. The van der Waals surface area contributed by atoms with E-state index in [0.29, 0.717) is 5.69 Å². The average molecular weight is 510 g/mol. The van der Waals surface area contributed by atoms with Gasteiger partial charge in [-0.2, -0.15) is 0 Å². The molecule has 0 atom stereocenters. The van der Waals surface area contributed by atoms with E-state index in [1.165, 1.54) is 55.9 Å². The third-order valence-corrected chi connectivity index (χ3v) is 8.26. The van der Waals surface area contributed by atoms with E-state index in [2.05, 4.69) is 46.3 Å². The number of hydrogen-bond acceptors (Lipinski definition) is 5. The van der Waals surface area contributed by atoms with E-state index < -0.39 is 9.84 Å². The number of pyridine rings is 2. The first-order valence-electron chi connectivity index (χ1n) is 12.4. The molecular formula is C30H27N3O3S. The molecule has 37 heavy (non-hydrogen) atoms. The molecule has 2 aromatic heterocycles. The van der Waals surface area contributed by atoms with E-state index in [1.54, 1.807) is 29.0 Å². The Balaban J connectivity index is 1.47. The van der Waals surface area contributed by atoms with Crippen molar-refractivity contribution >= 4 is 31.6 Å². The maximum atomic E-state index is 13.1. The molecule has 6 nitrogen and oxygen atoms in total. The molecule has 0 N–H and O–H groups in total. The Morgan fingerprint density at radius 3 is 2.24 bits per heavy atom. The van der Waals surface area contributed by atoms with Crippen LogP contribution in [0.5, 0.6) is 0 Å². The third-order valence-electron chi connectivity index (χ3n) is 7.13. The van der Waals surface area contributed by atoms with Crippen molar-refractivity contribution in [2.24, 2.45) is 0 Å². The molecule has 3 heterocycles. The highest BCUT2D eigenvalue weighted by Gasteiger charge is 2.14. The van der Waals surface area contributed by atoms with Crippen molar-refractivity contribution < 1.29 is 8.42 Å². The summed E-state index contributed by atoms with van der Waals surface area (Å²) < 4.78 is 25.5. The lowest BCUT2D eigenvalue weighted by molar-refractivity contribution is 0.331. The molecule has 0 amide bonds. The quantitative estimate of drug-likeness (QED) is 0.304. The fourth-order valence-electron chi connectivity index (χ4n) is 5.19. The van der Waals surface area contributed by atoms with Crippen molar-refractivity contribution in [3.05, 3.63) is 101 Å². The SMILES string of the molecule is CS(=O)(=O)c1ccc(-n2c(=O)ccc3cnc4ccc(-c5ccc(CN6CCCC6)cc5)cc4c32)cc1. The van der Waals surface area contributed by atoms with Crippen LogP contribution in [0.3, 0.4) is 0 Å². The van der Waals surface area contributed by atoms with Gasteiger partial charge in [0.1, 0.15) is 0 Å². The minimum Gasteiger partial charge on any atom is -0.299 e. The van der Waals surface area contributed by atoms with Gasteiger partial charge in [-0.3, -0.25) is 19.2 Å². The highest BCUT2D eigenvalue weighted by Crippen LogP contribution is 2.30. The van der Waals surface area contributed by atoms with E-state index in [9.17, 15) is 13.2 Å². The fourth-order valence-corrected chi connectivity index (χ4v) is 5.82. The molecule has 186 valence electrons. The van der Waals surface area contributed by atoms with Crippen LogP contribution in [0.15, 0.2) is 94.7 Å². The van der Waals surface area contributed by atoms with Gasteiger partial charge in [-0.05, 0) is 85.1 Å². The van der Waals surface area contributed by atoms with Gasteiger partial charge >= 0.3 is 0 Å². The zero-order valence-corrected chi connectivity index (χ0v) is 21.4. The highest BCUT2D eigenvalue weighted by atomic mass is 32.2. The van der Waals surface area contributed by atoms with Crippen LogP contribution in [0.25, 0.3) is 38.6 Å². The number of nitrogens with zero attached hydrogens (tertiary/aromatic N) is 3. The molecule has 0 radical (unpaired) electrons. The first-order chi connectivity index (χ1) is 17.9. The summed E-state index contributed by atoms with van der Waals surface area (Å²) in [7, 11) is -3.34. The summed E-state index contributed by atoms with van der Waals surface area (Å²) in [5.41, 5.74) is 5.41. The maximum Gasteiger partial charge on any atom is 0.255 e. The Kier molecular flexibility index (Phi) is 5.89. The fraction of sp³-hybridized carbons (Fsp3) is 0.200. The van der Waals surface area contributed by atoms with E-state index >= 15 is 0 Å². The van der Waals surface area contributed by atoms with Gasteiger partial charge < -0.3 is 0 Å². The van der Waals surface area contributed by atoms with Crippen LogP contribution in [-0.2, 0) is 16.4 Å². The second-order valence-corrected chi connectivity index (χ2v) is 11.8. The van der Waals surface area contributed by atoms with Gasteiger partial charge in [-0.15, -0.1) is 0 Å². The van der Waals surface area contributed by atoms with Crippen molar-refractivity contribution in [2.45, 2.75) is 24.3 Å². The smallest absolute Gasteiger partial charge is 0.255 e. The normalized spacial score (nSPS) is 14.5. The van der Waals surface area contributed by atoms with Crippen LogP contribution in [-0.4, -0.2) is 42.2 Å². The molecule has 6 rings (SSSR count). The molecule has 1 fully saturated rings. The third kappa shape index (κ3) is 4.56. The van der Waals surface area contributed by atoms with Gasteiger partial charge in [0.05, 0.1) is 15.9 Å². The van der Waals surface area contributed by atoms with Crippen LogP contribution in [0, 0.1) is 0 Å². The second-order valence-electron chi connectivity index (χ2n) is 9.75. The molecule has 1 saturated heterocycles. The van der Waals surface area contributed by atoms with Gasteiger partial charge in [0, 0.05) is 41.5 Å². The lowest BCUT2D eigenvalue weighted by atomic mass is 10.0. The molecule has 0 spiro atoms. The Hall–Kier alpha value is -3.81. The number of likely N-dealkylation sites (tertiary alicyclic amines) is 1. The zero-order valence-electron chi connectivity index (χ0n) is 20.6. The van der Waals surface area contributed by atoms with Crippen molar-refractivity contribution in [3.8, 4) is 16.8 Å². The summed E-state index contributed by atoms with van der Waals surface area (Å²) in [6.45, 7) is 3.33. The molecule has 3 aromatic carbocycles. The summed E-state index contributed by atoms with van der Waals surface area (Å²) in [6.07, 6.45) is 5.51. The van der Waals surface area contributed by atoms with Gasteiger partial charge in [-0.1, -0.05) is 30.3 Å². The predicted molar refractivity (Wildman–Crippen MR) is 148 cm³/mol. The van der Waals surface area contributed by atoms with Gasteiger partial charge in [0.15, 0.2) is 9.84 Å².